The quantitative estimate of drug-likeness (QED) is 0.563. The molecule has 1 aliphatic heterocycles. The lowest BCUT2D eigenvalue weighted by atomic mass is 10.1. The van der Waals surface area contributed by atoms with E-state index in [1.54, 1.807) is 6.07 Å². The van der Waals surface area contributed by atoms with Gasteiger partial charge in [-0.15, -0.1) is 0 Å². The number of benzene rings is 2. The molecule has 1 fully saturated rings. The minimum absolute atomic E-state index is 0.172. The van der Waals surface area contributed by atoms with Gasteiger partial charge >= 0.3 is 0 Å². The maximum Gasteiger partial charge on any atom is 0.270 e. The van der Waals surface area contributed by atoms with Crippen LogP contribution in [-0.2, 0) is 9.53 Å². The highest BCUT2D eigenvalue weighted by molar-refractivity contribution is 6.03. The van der Waals surface area contributed by atoms with E-state index in [9.17, 15) is 19.7 Å². The number of rotatable bonds is 6. The zero-order valence-corrected chi connectivity index (χ0v) is 17.9. The van der Waals surface area contributed by atoms with Gasteiger partial charge < -0.3 is 19.9 Å². The summed E-state index contributed by atoms with van der Waals surface area (Å²) < 4.78 is 5.36. The molecular weight excluding hydrogens is 400 g/mol. The van der Waals surface area contributed by atoms with E-state index >= 15 is 0 Å². The average molecular weight is 426 g/mol. The molecule has 0 atom stereocenters. The van der Waals surface area contributed by atoms with Crippen molar-refractivity contribution < 1.29 is 19.2 Å². The lowest BCUT2D eigenvalue weighted by Gasteiger charge is -2.31. The van der Waals surface area contributed by atoms with Crippen LogP contribution in [0.4, 0.5) is 17.1 Å². The van der Waals surface area contributed by atoms with Crippen molar-refractivity contribution in [2.24, 2.45) is 0 Å². The van der Waals surface area contributed by atoms with Gasteiger partial charge in [0.25, 0.3) is 11.6 Å². The third-order valence-corrected chi connectivity index (χ3v) is 5.25. The highest BCUT2D eigenvalue weighted by Gasteiger charge is 2.25. The molecule has 0 unspecified atom stereocenters. The van der Waals surface area contributed by atoms with E-state index in [1.807, 2.05) is 36.9 Å². The number of nitrogens with zero attached hydrogens (tertiary/aromatic N) is 3. The maximum atomic E-state index is 13.2. The zero-order valence-electron chi connectivity index (χ0n) is 17.9. The van der Waals surface area contributed by atoms with Gasteiger partial charge in [-0.2, -0.15) is 0 Å². The first-order valence-corrected chi connectivity index (χ1v) is 10.0. The fraction of sp³-hybridized carbons (Fsp3) is 0.364. The second kappa shape index (κ2) is 9.57. The molecule has 0 spiro atoms. The summed E-state index contributed by atoms with van der Waals surface area (Å²) in [4.78, 5) is 39.7. The molecule has 0 radical (unpaired) electrons. The summed E-state index contributed by atoms with van der Waals surface area (Å²) in [5.41, 5.74) is 3.19. The molecule has 0 aromatic heterocycles. The summed E-state index contributed by atoms with van der Waals surface area (Å²) in [5.74, 6) is -0.798. The van der Waals surface area contributed by atoms with Crippen molar-refractivity contribution in [2.75, 3.05) is 50.1 Å². The third-order valence-electron chi connectivity index (χ3n) is 5.25. The number of hydrogen-bond acceptors (Lipinski definition) is 6. The van der Waals surface area contributed by atoms with Crippen molar-refractivity contribution in [3.63, 3.8) is 0 Å². The Morgan fingerprint density at radius 3 is 2.42 bits per heavy atom. The Balaban J connectivity index is 1.80. The Morgan fingerprint density at radius 1 is 1.16 bits per heavy atom. The Morgan fingerprint density at radius 2 is 1.81 bits per heavy atom. The van der Waals surface area contributed by atoms with Gasteiger partial charge in [0, 0.05) is 38.0 Å². The Kier molecular flexibility index (Phi) is 6.86. The van der Waals surface area contributed by atoms with E-state index in [1.165, 1.54) is 24.1 Å². The van der Waals surface area contributed by atoms with Crippen molar-refractivity contribution in [1.82, 2.24) is 4.90 Å². The molecule has 2 amide bonds. The van der Waals surface area contributed by atoms with Crippen LogP contribution in [0.15, 0.2) is 36.4 Å². The first kappa shape index (κ1) is 22.2. The molecule has 3 rings (SSSR count). The topological polar surface area (TPSA) is 105 Å². The minimum atomic E-state index is -0.534. The SMILES string of the molecule is Cc1cccc(C)c1NC(=O)CN(C)C(=O)c1cc([N+](=O)[O-])ccc1N1CCOCC1. The van der Waals surface area contributed by atoms with Crippen molar-refractivity contribution >= 4 is 28.9 Å². The van der Waals surface area contributed by atoms with Crippen LogP contribution in [0.2, 0.25) is 0 Å². The van der Waals surface area contributed by atoms with Crippen LogP contribution in [0.5, 0.6) is 0 Å². The smallest absolute Gasteiger partial charge is 0.270 e. The van der Waals surface area contributed by atoms with Gasteiger partial charge in [0.15, 0.2) is 0 Å². The van der Waals surface area contributed by atoms with E-state index in [2.05, 4.69) is 5.32 Å². The summed E-state index contributed by atoms with van der Waals surface area (Å²) >= 11 is 0. The normalized spacial score (nSPS) is 13.6. The second-order valence-corrected chi connectivity index (χ2v) is 7.53. The zero-order chi connectivity index (χ0) is 22.5. The summed E-state index contributed by atoms with van der Waals surface area (Å²) in [5, 5.41) is 14.1. The lowest BCUT2D eigenvalue weighted by Crippen LogP contribution is -2.39. The number of carbonyl (C=O) groups is 2. The van der Waals surface area contributed by atoms with E-state index < -0.39 is 10.8 Å². The Hall–Kier alpha value is -3.46. The molecule has 1 saturated heterocycles. The molecular formula is C22H26N4O5. The number of amides is 2. The molecule has 0 aliphatic carbocycles. The second-order valence-electron chi connectivity index (χ2n) is 7.53. The first-order valence-electron chi connectivity index (χ1n) is 10.0. The van der Waals surface area contributed by atoms with Crippen LogP contribution >= 0.6 is 0 Å². The van der Waals surface area contributed by atoms with E-state index in [4.69, 9.17) is 4.74 Å². The number of nitro groups is 1. The fourth-order valence-corrected chi connectivity index (χ4v) is 3.57. The molecule has 9 heteroatoms. The van der Waals surface area contributed by atoms with Crippen LogP contribution < -0.4 is 10.2 Å². The molecule has 31 heavy (non-hydrogen) atoms. The number of para-hydroxylation sites is 1. The average Bonchev–Trinajstić information content (AvgIpc) is 2.76. The third kappa shape index (κ3) is 5.18. The van der Waals surface area contributed by atoms with Gasteiger partial charge in [-0.1, -0.05) is 18.2 Å². The lowest BCUT2D eigenvalue weighted by molar-refractivity contribution is -0.384. The molecule has 2 aromatic carbocycles. The van der Waals surface area contributed by atoms with E-state index in [0.29, 0.717) is 32.0 Å². The summed E-state index contributed by atoms with van der Waals surface area (Å²) in [6.07, 6.45) is 0. The van der Waals surface area contributed by atoms with Crippen LogP contribution in [0.25, 0.3) is 0 Å². The number of nitro benzene ring substituents is 1. The number of likely N-dealkylation sites (N-methyl/N-ethyl adjacent to an activating group) is 1. The number of nitrogens with one attached hydrogen (secondary N) is 1. The predicted octanol–water partition coefficient (Wildman–Crippen LogP) is 2.76. The molecule has 1 N–H and O–H groups in total. The summed E-state index contributed by atoms with van der Waals surface area (Å²) in [7, 11) is 1.51. The van der Waals surface area contributed by atoms with Crippen LogP contribution in [0, 0.1) is 24.0 Å². The number of hydrogen-bond donors (Lipinski definition) is 1. The van der Waals surface area contributed by atoms with Crippen molar-refractivity contribution in [2.45, 2.75) is 13.8 Å². The van der Waals surface area contributed by atoms with Crippen LogP contribution in [-0.4, -0.2) is 61.5 Å². The standard InChI is InChI=1S/C22H26N4O5/c1-15-5-4-6-16(2)21(15)23-20(27)14-24(3)22(28)18-13-17(26(29)30)7-8-19(18)25-9-11-31-12-10-25/h4-8,13H,9-12,14H2,1-3H3,(H,23,27). The van der Waals surface area contributed by atoms with E-state index in [0.717, 1.165) is 16.8 Å². The fourth-order valence-electron chi connectivity index (χ4n) is 3.57. The molecule has 0 saturated carbocycles. The number of morpholine rings is 1. The van der Waals surface area contributed by atoms with Crippen molar-refractivity contribution in [3.05, 3.63) is 63.2 Å². The van der Waals surface area contributed by atoms with Gasteiger partial charge in [-0.05, 0) is 31.0 Å². The molecule has 0 bridgehead atoms. The van der Waals surface area contributed by atoms with Gasteiger partial charge in [0.05, 0.1) is 35.9 Å². The number of ether oxygens (including phenoxy) is 1. The van der Waals surface area contributed by atoms with Crippen LogP contribution in [0.3, 0.4) is 0 Å². The Bertz CT molecular complexity index is 981. The largest absolute Gasteiger partial charge is 0.378 e. The number of non-ortho nitro benzene ring substituents is 1. The molecule has 1 aliphatic rings. The summed E-state index contributed by atoms with van der Waals surface area (Å²) in [6, 6.07) is 9.94. The predicted molar refractivity (Wildman–Crippen MR) is 118 cm³/mol. The minimum Gasteiger partial charge on any atom is -0.378 e. The molecule has 164 valence electrons. The van der Waals surface area contributed by atoms with Gasteiger partial charge in [0.2, 0.25) is 5.91 Å². The molecule has 1 heterocycles. The number of carbonyl (C=O) groups excluding carboxylic acids is 2. The monoisotopic (exact) mass is 426 g/mol. The Labute approximate surface area is 180 Å². The highest BCUT2D eigenvalue weighted by Crippen LogP contribution is 2.27. The highest BCUT2D eigenvalue weighted by atomic mass is 16.6. The van der Waals surface area contributed by atoms with Gasteiger partial charge in [-0.25, -0.2) is 0 Å². The van der Waals surface area contributed by atoms with Crippen molar-refractivity contribution in [1.29, 1.82) is 0 Å². The van der Waals surface area contributed by atoms with Crippen LogP contribution in [0.1, 0.15) is 21.5 Å². The maximum absolute atomic E-state index is 13.2. The first-order chi connectivity index (χ1) is 14.8. The van der Waals surface area contributed by atoms with Gasteiger partial charge in [-0.3, -0.25) is 19.7 Å². The number of aryl methyl sites for hydroxylation is 2. The molecule has 9 nitrogen and oxygen atoms in total. The van der Waals surface area contributed by atoms with E-state index in [-0.39, 0.29) is 23.7 Å². The summed E-state index contributed by atoms with van der Waals surface area (Å²) in [6.45, 7) is 5.79. The number of anilines is 2. The molecule has 2 aromatic rings. The van der Waals surface area contributed by atoms with Crippen molar-refractivity contribution in [3.8, 4) is 0 Å². The van der Waals surface area contributed by atoms with Gasteiger partial charge in [0.1, 0.15) is 0 Å².